The maximum atomic E-state index is 14.4. The molecule has 2 aromatic rings. The van der Waals surface area contributed by atoms with Crippen LogP contribution >= 0.6 is 0 Å². The van der Waals surface area contributed by atoms with Gasteiger partial charge >= 0.3 is 6.09 Å². The molecule has 8 heteroatoms. The van der Waals surface area contributed by atoms with E-state index < -0.39 is 17.7 Å². The van der Waals surface area contributed by atoms with Crippen molar-refractivity contribution >= 4 is 23.2 Å². The third kappa shape index (κ3) is 4.14. The van der Waals surface area contributed by atoms with Crippen LogP contribution in [0, 0.1) is 18.6 Å². The molecule has 6 nitrogen and oxygen atoms in total. The Bertz CT molecular complexity index is 809. The summed E-state index contributed by atoms with van der Waals surface area (Å²) in [5, 5.41) is 5.19. The molecule has 132 valence electrons. The number of aromatic nitrogens is 1. The first kappa shape index (κ1) is 16.9. The quantitative estimate of drug-likeness (QED) is 0.719. The fraction of sp³-hybridized carbons (Fsp3) is 0.294. The number of nitrogens with two attached hydrogens (primary N) is 1. The normalized spacial score (nSPS) is 13.4. The molecular weight excluding hydrogens is 330 g/mol. The number of carbonyl (C=O) groups is 1. The van der Waals surface area contributed by atoms with E-state index in [9.17, 15) is 13.6 Å². The highest BCUT2D eigenvalue weighted by Gasteiger charge is 2.26. The van der Waals surface area contributed by atoms with Gasteiger partial charge in [-0.25, -0.2) is 13.6 Å². The number of pyridine rings is 1. The Kier molecular flexibility index (Phi) is 4.69. The SMILES string of the molecule is Cc1cc(F)c(CNc2ccc(NC(=O)OC3CC3)c(N)c2F)cn1. The molecule has 4 N–H and O–H groups in total. The van der Waals surface area contributed by atoms with Crippen LogP contribution in [0.2, 0.25) is 0 Å². The molecule has 25 heavy (non-hydrogen) atoms. The van der Waals surface area contributed by atoms with Gasteiger partial charge in [0.2, 0.25) is 0 Å². The number of nitrogens with zero attached hydrogens (tertiary/aromatic N) is 1. The van der Waals surface area contributed by atoms with E-state index in [0.717, 1.165) is 12.8 Å². The number of anilines is 3. The maximum absolute atomic E-state index is 14.4. The van der Waals surface area contributed by atoms with Crippen molar-refractivity contribution in [3.8, 4) is 0 Å². The van der Waals surface area contributed by atoms with Gasteiger partial charge in [-0.3, -0.25) is 10.3 Å². The van der Waals surface area contributed by atoms with Gasteiger partial charge in [0.25, 0.3) is 0 Å². The molecule has 0 bridgehead atoms. The molecule has 0 saturated heterocycles. The summed E-state index contributed by atoms with van der Waals surface area (Å²) in [6, 6.07) is 4.18. The van der Waals surface area contributed by atoms with Crippen LogP contribution < -0.4 is 16.4 Å². The van der Waals surface area contributed by atoms with Crippen molar-refractivity contribution in [2.24, 2.45) is 0 Å². The zero-order chi connectivity index (χ0) is 18.0. The van der Waals surface area contributed by atoms with Crippen LogP contribution in [0.15, 0.2) is 24.4 Å². The van der Waals surface area contributed by atoms with Crippen LogP contribution in [-0.2, 0) is 11.3 Å². The minimum absolute atomic E-state index is 0.0476. The van der Waals surface area contributed by atoms with Gasteiger partial charge < -0.3 is 15.8 Å². The van der Waals surface area contributed by atoms with E-state index in [4.69, 9.17) is 10.5 Å². The number of benzene rings is 1. The second-order valence-corrected chi connectivity index (χ2v) is 5.89. The summed E-state index contributed by atoms with van der Waals surface area (Å²) in [5.41, 5.74) is 6.59. The zero-order valence-corrected chi connectivity index (χ0v) is 13.6. The van der Waals surface area contributed by atoms with Gasteiger partial charge in [-0.05, 0) is 38.0 Å². The second kappa shape index (κ2) is 6.92. The highest BCUT2D eigenvalue weighted by Crippen LogP contribution is 2.30. The molecule has 3 rings (SSSR count). The van der Waals surface area contributed by atoms with Crippen LogP contribution in [0.1, 0.15) is 24.1 Å². The molecule has 1 aliphatic rings. The Labute approximate surface area is 143 Å². The molecule has 1 aromatic carbocycles. The Balaban J connectivity index is 1.67. The molecule has 1 aromatic heterocycles. The molecule has 1 amide bonds. The molecule has 0 atom stereocenters. The van der Waals surface area contributed by atoms with E-state index in [0.29, 0.717) is 11.3 Å². The lowest BCUT2D eigenvalue weighted by molar-refractivity contribution is 0.154. The number of nitrogens with one attached hydrogen (secondary N) is 2. The van der Waals surface area contributed by atoms with Crippen molar-refractivity contribution in [3.63, 3.8) is 0 Å². The first-order chi connectivity index (χ1) is 11.9. The fourth-order valence-corrected chi connectivity index (χ4v) is 2.19. The molecular formula is C17H18F2N4O2. The van der Waals surface area contributed by atoms with Crippen molar-refractivity contribution in [2.45, 2.75) is 32.4 Å². The molecule has 0 aliphatic heterocycles. The molecule has 0 unspecified atom stereocenters. The van der Waals surface area contributed by atoms with Gasteiger partial charge in [-0.1, -0.05) is 0 Å². The van der Waals surface area contributed by atoms with Crippen LogP contribution in [0.4, 0.5) is 30.6 Å². The number of ether oxygens (including phenoxy) is 1. The number of hydrogen-bond donors (Lipinski definition) is 3. The third-order valence-electron chi connectivity index (χ3n) is 3.75. The summed E-state index contributed by atoms with van der Waals surface area (Å²) in [4.78, 5) is 15.6. The van der Waals surface area contributed by atoms with Crippen LogP contribution in [0.3, 0.4) is 0 Å². The summed E-state index contributed by atoms with van der Waals surface area (Å²) in [6.07, 6.45) is 2.34. The monoisotopic (exact) mass is 348 g/mol. The van der Waals surface area contributed by atoms with Gasteiger partial charge in [0.05, 0.1) is 17.1 Å². The largest absolute Gasteiger partial charge is 0.446 e. The van der Waals surface area contributed by atoms with Gasteiger partial charge in [-0.2, -0.15) is 0 Å². The topological polar surface area (TPSA) is 89.3 Å². The first-order valence-corrected chi connectivity index (χ1v) is 7.84. The molecule has 0 spiro atoms. The standard InChI is InChI=1S/C17H18F2N4O2/c1-9-6-12(18)10(7-21-9)8-22-13-4-5-14(16(20)15(13)19)23-17(24)25-11-2-3-11/h4-7,11,22H,2-3,8,20H2,1H3,(H,23,24). The Hall–Kier alpha value is -2.90. The van der Waals surface area contributed by atoms with E-state index in [2.05, 4.69) is 15.6 Å². The summed E-state index contributed by atoms with van der Waals surface area (Å²) in [7, 11) is 0. The number of hydrogen-bond acceptors (Lipinski definition) is 5. The van der Waals surface area contributed by atoms with Crippen molar-refractivity contribution in [2.75, 3.05) is 16.4 Å². The lowest BCUT2D eigenvalue weighted by Crippen LogP contribution is -2.16. The molecule has 1 heterocycles. The number of aryl methyl sites for hydroxylation is 1. The summed E-state index contributed by atoms with van der Waals surface area (Å²) in [5.74, 6) is -1.15. The van der Waals surface area contributed by atoms with Gasteiger partial charge in [-0.15, -0.1) is 0 Å². The predicted molar refractivity (Wildman–Crippen MR) is 90.2 cm³/mol. The summed E-state index contributed by atoms with van der Waals surface area (Å²) >= 11 is 0. The highest BCUT2D eigenvalue weighted by atomic mass is 19.1. The van der Waals surface area contributed by atoms with E-state index in [-0.39, 0.29) is 29.7 Å². The van der Waals surface area contributed by atoms with Crippen molar-refractivity contribution in [1.82, 2.24) is 4.98 Å². The van der Waals surface area contributed by atoms with Crippen molar-refractivity contribution in [3.05, 3.63) is 47.3 Å². The molecule has 0 radical (unpaired) electrons. The first-order valence-electron chi connectivity index (χ1n) is 7.84. The van der Waals surface area contributed by atoms with Crippen LogP contribution in [0.25, 0.3) is 0 Å². The Morgan fingerprint density at radius 1 is 1.36 bits per heavy atom. The highest BCUT2D eigenvalue weighted by molar-refractivity contribution is 5.90. The molecule has 1 aliphatic carbocycles. The van der Waals surface area contributed by atoms with E-state index >= 15 is 0 Å². The minimum Gasteiger partial charge on any atom is -0.446 e. The number of amides is 1. The number of nitrogen functional groups attached to an aromatic ring is 1. The summed E-state index contributed by atoms with van der Waals surface area (Å²) < 4.78 is 33.2. The maximum Gasteiger partial charge on any atom is 0.411 e. The van der Waals surface area contributed by atoms with E-state index in [1.165, 1.54) is 24.4 Å². The van der Waals surface area contributed by atoms with Gasteiger partial charge in [0.15, 0.2) is 5.82 Å². The Morgan fingerprint density at radius 2 is 2.08 bits per heavy atom. The minimum atomic E-state index is -0.732. The van der Waals surface area contributed by atoms with E-state index in [1.807, 2.05) is 0 Å². The van der Waals surface area contributed by atoms with Gasteiger partial charge in [0.1, 0.15) is 11.9 Å². The number of rotatable bonds is 5. The Morgan fingerprint density at radius 3 is 2.76 bits per heavy atom. The predicted octanol–water partition coefficient (Wildman–Crippen LogP) is 3.57. The smallest absolute Gasteiger partial charge is 0.411 e. The van der Waals surface area contributed by atoms with Crippen LogP contribution in [0.5, 0.6) is 0 Å². The second-order valence-electron chi connectivity index (χ2n) is 5.89. The summed E-state index contributed by atoms with van der Waals surface area (Å²) in [6.45, 7) is 1.73. The van der Waals surface area contributed by atoms with Gasteiger partial charge in [0, 0.05) is 24.0 Å². The van der Waals surface area contributed by atoms with Crippen molar-refractivity contribution < 1.29 is 18.3 Å². The average Bonchev–Trinajstić information content (AvgIpc) is 3.36. The fourth-order valence-electron chi connectivity index (χ4n) is 2.19. The molecule has 1 saturated carbocycles. The lowest BCUT2D eigenvalue weighted by atomic mass is 10.2. The lowest BCUT2D eigenvalue weighted by Gasteiger charge is -2.13. The van der Waals surface area contributed by atoms with Crippen LogP contribution in [-0.4, -0.2) is 17.2 Å². The molecule has 1 fully saturated rings. The average molecular weight is 348 g/mol. The van der Waals surface area contributed by atoms with E-state index in [1.54, 1.807) is 6.92 Å². The zero-order valence-electron chi connectivity index (χ0n) is 13.6. The van der Waals surface area contributed by atoms with Crippen molar-refractivity contribution in [1.29, 1.82) is 0 Å². The number of halogens is 2. The third-order valence-corrected chi connectivity index (χ3v) is 3.75. The number of carbonyl (C=O) groups excluding carboxylic acids is 1.